The summed E-state index contributed by atoms with van der Waals surface area (Å²) >= 11 is 11.9. The van der Waals surface area contributed by atoms with E-state index in [1.807, 2.05) is 38.1 Å². The Labute approximate surface area is 152 Å². The number of ether oxygens (including phenoxy) is 1. The van der Waals surface area contributed by atoms with Gasteiger partial charge in [-0.2, -0.15) is 0 Å². The lowest BCUT2D eigenvalue weighted by Gasteiger charge is -2.14. The highest BCUT2D eigenvalue weighted by Crippen LogP contribution is 2.21. The van der Waals surface area contributed by atoms with Gasteiger partial charge in [-0.1, -0.05) is 47.0 Å². The SMILES string of the molecule is Cc1ccc(OCC(C)NC(=O)/C=C/c2ccc(Cl)cc2Cl)cc1. The zero-order chi connectivity index (χ0) is 17.5. The first kappa shape index (κ1) is 18.4. The van der Waals surface area contributed by atoms with Crippen LogP contribution in [0, 0.1) is 6.92 Å². The van der Waals surface area contributed by atoms with Crippen molar-refractivity contribution in [2.24, 2.45) is 0 Å². The van der Waals surface area contributed by atoms with Gasteiger partial charge < -0.3 is 10.1 Å². The van der Waals surface area contributed by atoms with E-state index in [2.05, 4.69) is 5.32 Å². The molecule has 1 N–H and O–H groups in total. The maximum absolute atomic E-state index is 11.9. The highest BCUT2D eigenvalue weighted by Gasteiger charge is 2.06. The van der Waals surface area contributed by atoms with E-state index in [1.165, 1.54) is 11.6 Å². The normalized spacial score (nSPS) is 12.2. The molecule has 0 aromatic heterocycles. The van der Waals surface area contributed by atoms with E-state index in [0.717, 1.165) is 11.3 Å². The number of benzene rings is 2. The Kier molecular flexibility index (Phi) is 6.71. The maximum Gasteiger partial charge on any atom is 0.244 e. The van der Waals surface area contributed by atoms with E-state index >= 15 is 0 Å². The van der Waals surface area contributed by atoms with Crippen LogP contribution in [0.3, 0.4) is 0 Å². The molecule has 1 amide bonds. The number of rotatable bonds is 6. The molecule has 2 aromatic carbocycles. The van der Waals surface area contributed by atoms with Crippen LogP contribution >= 0.6 is 23.2 Å². The number of nitrogens with one attached hydrogen (secondary N) is 1. The molecule has 0 spiro atoms. The second kappa shape index (κ2) is 8.76. The van der Waals surface area contributed by atoms with Gasteiger partial charge >= 0.3 is 0 Å². The summed E-state index contributed by atoms with van der Waals surface area (Å²) in [5.74, 6) is 0.575. The van der Waals surface area contributed by atoms with Gasteiger partial charge in [-0.25, -0.2) is 0 Å². The summed E-state index contributed by atoms with van der Waals surface area (Å²) in [5, 5.41) is 3.90. The summed E-state index contributed by atoms with van der Waals surface area (Å²) < 4.78 is 5.64. The largest absolute Gasteiger partial charge is 0.491 e. The van der Waals surface area contributed by atoms with Crippen LogP contribution in [-0.4, -0.2) is 18.6 Å². The Hall–Kier alpha value is -1.97. The molecule has 1 atom stereocenters. The van der Waals surface area contributed by atoms with Crippen molar-refractivity contribution in [3.05, 3.63) is 69.7 Å². The van der Waals surface area contributed by atoms with Crippen LogP contribution in [0.4, 0.5) is 0 Å². The van der Waals surface area contributed by atoms with Crippen molar-refractivity contribution in [1.29, 1.82) is 0 Å². The monoisotopic (exact) mass is 363 g/mol. The fourth-order valence-corrected chi connectivity index (χ4v) is 2.46. The van der Waals surface area contributed by atoms with Gasteiger partial charge in [0.2, 0.25) is 5.91 Å². The molecule has 5 heteroatoms. The summed E-state index contributed by atoms with van der Waals surface area (Å²) in [6.07, 6.45) is 3.10. The number of hydrogen-bond donors (Lipinski definition) is 1. The number of hydrogen-bond acceptors (Lipinski definition) is 2. The van der Waals surface area contributed by atoms with Crippen molar-refractivity contribution in [3.8, 4) is 5.75 Å². The molecule has 0 aliphatic heterocycles. The first-order valence-corrected chi connectivity index (χ1v) is 8.33. The molecule has 2 aromatic rings. The minimum absolute atomic E-state index is 0.121. The van der Waals surface area contributed by atoms with Gasteiger partial charge in [0.05, 0.1) is 6.04 Å². The zero-order valence-electron chi connectivity index (χ0n) is 13.6. The predicted molar refractivity (Wildman–Crippen MR) is 99.8 cm³/mol. The van der Waals surface area contributed by atoms with Crippen molar-refractivity contribution in [1.82, 2.24) is 5.32 Å². The second-order valence-electron chi connectivity index (χ2n) is 5.53. The van der Waals surface area contributed by atoms with Crippen molar-refractivity contribution in [2.75, 3.05) is 6.61 Å². The van der Waals surface area contributed by atoms with Crippen LogP contribution in [0.25, 0.3) is 6.08 Å². The van der Waals surface area contributed by atoms with Crippen LogP contribution in [0.1, 0.15) is 18.1 Å². The van der Waals surface area contributed by atoms with Crippen LogP contribution in [-0.2, 0) is 4.79 Å². The summed E-state index contributed by atoms with van der Waals surface area (Å²) in [4.78, 5) is 11.9. The molecule has 24 heavy (non-hydrogen) atoms. The van der Waals surface area contributed by atoms with E-state index < -0.39 is 0 Å². The number of carbonyl (C=O) groups excluding carboxylic acids is 1. The van der Waals surface area contributed by atoms with E-state index in [4.69, 9.17) is 27.9 Å². The minimum atomic E-state index is -0.207. The van der Waals surface area contributed by atoms with E-state index in [-0.39, 0.29) is 11.9 Å². The lowest BCUT2D eigenvalue weighted by Crippen LogP contribution is -2.35. The average molecular weight is 364 g/mol. The summed E-state index contributed by atoms with van der Waals surface area (Å²) in [7, 11) is 0. The third-order valence-corrected chi connectivity index (χ3v) is 3.85. The Morgan fingerprint density at radius 2 is 1.92 bits per heavy atom. The highest BCUT2D eigenvalue weighted by atomic mass is 35.5. The molecule has 0 saturated heterocycles. The lowest BCUT2D eigenvalue weighted by molar-refractivity contribution is -0.117. The number of halogens is 2. The fraction of sp³-hybridized carbons (Fsp3) is 0.211. The average Bonchev–Trinajstić information content (AvgIpc) is 2.53. The maximum atomic E-state index is 11.9. The summed E-state index contributed by atoms with van der Waals surface area (Å²) in [6.45, 7) is 4.30. The number of carbonyl (C=O) groups is 1. The third-order valence-electron chi connectivity index (χ3n) is 3.29. The van der Waals surface area contributed by atoms with Gasteiger partial charge in [-0.05, 0) is 49.8 Å². The van der Waals surface area contributed by atoms with Crippen molar-refractivity contribution >= 4 is 35.2 Å². The molecular weight excluding hydrogens is 345 g/mol. The molecule has 0 heterocycles. The molecule has 126 valence electrons. The molecule has 0 aliphatic rings. The fourth-order valence-electron chi connectivity index (χ4n) is 1.99. The molecule has 0 saturated carbocycles. The van der Waals surface area contributed by atoms with Crippen molar-refractivity contribution in [2.45, 2.75) is 19.9 Å². The quantitative estimate of drug-likeness (QED) is 0.741. The van der Waals surface area contributed by atoms with E-state index in [9.17, 15) is 4.79 Å². The summed E-state index contributed by atoms with van der Waals surface area (Å²) in [6, 6.07) is 12.8. The number of aryl methyl sites for hydroxylation is 1. The Morgan fingerprint density at radius 3 is 2.58 bits per heavy atom. The zero-order valence-corrected chi connectivity index (χ0v) is 15.1. The van der Waals surface area contributed by atoms with Crippen LogP contribution in [0.15, 0.2) is 48.5 Å². The topological polar surface area (TPSA) is 38.3 Å². The molecule has 0 radical (unpaired) electrons. The van der Waals surface area contributed by atoms with E-state index in [0.29, 0.717) is 16.7 Å². The van der Waals surface area contributed by atoms with Crippen LogP contribution in [0.5, 0.6) is 5.75 Å². The summed E-state index contributed by atoms with van der Waals surface area (Å²) in [5.41, 5.74) is 1.91. The van der Waals surface area contributed by atoms with Gasteiger partial charge in [-0.3, -0.25) is 4.79 Å². The number of amides is 1. The van der Waals surface area contributed by atoms with Gasteiger partial charge in [0.1, 0.15) is 12.4 Å². The van der Waals surface area contributed by atoms with Gasteiger partial charge in [0.25, 0.3) is 0 Å². The first-order chi connectivity index (χ1) is 11.4. The molecule has 3 nitrogen and oxygen atoms in total. The smallest absolute Gasteiger partial charge is 0.244 e. The molecule has 0 fully saturated rings. The standard InChI is InChI=1S/C19H19Cl2NO2/c1-13-3-8-17(9-4-13)24-12-14(2)22-19(23)10-6-15-5-7-16(20)11-18(15)21/h3-11,14H,12H2,1-2H3,(H,22,23)/b10-6+. The third kappa shape index (κ3) is 5.91. The molecule has 2 rings (SSSR count). The molecule has 1 unspecified atom stereocenters. The Morgan fingerprint density at radius 1 is 1.21 bits per heavy atom. The predicted octanol–water partition coefficient (Wildman–Crippen LogP) is 4.90. The van der Waals surface area contributed by atoms with Crippen LogP contribution in [0.2, 0.25) is 10.0 Å². The van der Waals surface area contributed by atoms with Crippen LogP contribution < -0.4 is 10.1 Å². The molecule has 0 aliphatic carbocycles. The van der Waals surface area contributed by atoms with Gasteiger partial charge in [0.15, 0.2) is 0 Å². The Bertz CT molecular complexity index is 727. The first-order valence-electron chi connectivity index (χ1n) is 7.57. The molecule has 0 bridgehead atoms. The van der Waals surface area contributed by atoms with Crippen molar-refractivity contribution in [3.63, 3.8) is 0 Å². The highest BCUT2D eigenvalue weighted by molar-refractivity contribution is 6.35. The lowest BCUT2D eigenvalue weighted by atomic mass is 10.2. The minimum Gasteiger partial charge on any atom is -0.491 e. The van der Waals surface area contributed by atoms with E-state index in [1.54, 1.807) is 24.3 Å². The van der Waals surface area contributed by atoms with Gasteiger partial charge in [-0.15, -0.1) is 0 Å². The van der Waals surface area contributed by atoms with Gasteiger partial charge in [0, 0.05) is 16.1 Å². The second-order valence-corrected chi connectivity index (χ2v) is 6.38. The van der Waals surface area contributed by atoms with Crippen molar-refractivity contribution < 1.29 is 9.53 Å². The molecular formula is C19H19Cl2NO2. The Balaban J connectivity index is 1.82.